The number of benzene rings is 1. The lowest BCUT2D eigenvalue weighted by Crippen LogP contribution is -2.29. The Bertz CT molecular complexity index is 869. The zero-order valence-corrected chi connectivity index (χ0v) is 15.2. The maximum Gasteiger partial charge on any atom is 0.226 e. The van der Waals surface area contributed by atoms with Crippen LogP contribution in [0.4, 0.5) is 5.95 Å². The van der Waals surface area contributed by atoms with Crippen LogP contribution in [-0.2, 0) is 6.54 Å². The number of aliphatic hydroxyl groups excluding tert-OH is 1. The van der Waals surface area contributed by atoms with E-state index in [-0.39, 0.29) is 6.04 Å². The number of anilines is 1. The van der Waals surface area contributed by atoms with E-state index in [0.717, 1.165) is 30.8 Å². The van der Waals surface area contributed by atoms with Gasteiger partial charge in [-0.05, 0) is 37.8 Å². The Kier molecular flexibility index (Phi) is 5.02. The van der Waals surface area contributed by atoms with Gasteiger partial charge >= 0.3 is 0 Å². The van der Waals surface area contributed by atoms with Gasteiger partial charge in [0, 0.05) is 30.7 Å². The van der Waals surface area contributed by atoms with E-state index in [1.54, 1.807) is 12.3 Å². The lowest BCUT2D eigenvalue weighted by Gasteiger charge is -2.17. The summed E-state index contributed by atoms with van der Waals surface area (Å²) in [7, 11) is 0. The van der Waals surface area contributed by atoms with Crippen molar-refractivity contribution in [2.75, 3.05) is 5.32 Å². The Hall–Kier alpha value is -2.93. The molecule has 1 saturated carbocycles. The van der Waals surface area contributed by atoms with Crippen LogP contribution in [0.15, 0.2) is 55.1 Å². The molecule has 0 radical (unpaired) electrons. The summed E-state index contributed by atoms with van der Waals surface area (Å²) in [5.41, 5.74) is 0.806. The average Bonchev–Trinajstić information content (AvgIpc) is 3.26. The van der Waals surface area contributed by atoms with Crippen molar-refractivity contribution in [3.05, 3.63) is 60.8 Å². The Morgan fingerprint density at radius 2 is 2.07 bits per heavy atom. The molecule has 1 unspecified atom stereocenters. The molecule has 3 atom stereocenters. The van der Waals surface area contributed by atoms with Crippen molar-refractivity contribution in [3.63, 3.8) is 0 Å². The zero-order valence-electron chi connectivity index (χ0n) is 15.2. The number of ether oxygens (including phenoxy) is 1. The Morgan fingerprint density at radius 1 is 1.22 bits per heavy atom. The molecule has 2 N–H and O–H groups in total. The molecule has 1 fully saturated rings. The largest absolute Gasteiger partial charge is 0.439 e. The predicted molar refractivity (Wildman–Crippen MR) is 102 cm³/mol. The maximum atomic E-state index is 10.4. The van der Waals surface area contributed by atoms with E-state index in [1.165, 1.54) is 0 Å². The van der Waals surface area contributed by atoms with Gasteiger partial charge in [-0.1, -0.05) is 18.2 Å². The third-order valence-electron chi connectivity index (χ3n) is 4.77. The quantitative estimate of drug-likeness (QED) is 0.698. The summed E-state index contributed by atoms with van der Waals surface area (Å²) in [4.78, 5) is 13.0. The molecule has 27 heavy (non-hydrogen) atoms. The number of nitrogens with zero attached hydrogens (tertiary/aromatic N) is 4. The van der Waals surface area contributed by atoms with Crippen LogP contribution in [0, 0.1) is 12.8 Å². The highest BCUT2D eigenvalue weighted by Crippen LogP contribution is 2.30. The molecule has 1 aliphatic carbocycles. The average molecular weight is 365 g/mol. The molecule has 2 aromatic heterocycles. The first-order valence-corrected chi connectivity index (χ1v) is 9.14. The van der Waals surface area contributed by atoms with E-state index < -0.39 is 6.10 Å². The molecule has 0 aliphatic heterocycles. The molecular formula is C20H23N5O2. The molecule has 1 aliphatic rings. The summed E-state index contributed by atoms with van der Waals surface area (Å²) >= 11 is 0. The van der Waals surface area contributed by atoms with E-state index in [1.807, 2.05) is 49.8 Å². The Labute approximate surface area is 158 Å². The number of aryl methyl sites for hydroxylation is 1. The van der Waals surface area contributed by atoms with E-state index in [2.05, 4.69) is 24.8 Å². The highest BCUT2D eigenvalue weighted by molar-refractivity contribution is 5.35. The highest BCUT2D eigenvalue weighted by Gasteiger charge is 2.33. The molecule has 0 spiro atoms. The summed E-state index contributed by atoms with van der Waals surface area (Å²) in [6.45, 7) is 2.75. The fourth-order valence-corrected chi connectivity index (χ4v) is 3.55. The first-order valence-electron chi connectivity index (χ1n) is 9.14. The topological polar surface area (TPSA) is 85.1 Å². The molecular weight excluding hydrogens is 342 g/mol. The summed E-state index contributed by atoms with van der Waals surface area (Å²) in [5.74, 6) is 2.08. The van der Waals surface area contributed by atoms with Crippen LogP contribution in [0.3, 0.4) is 0 Å². The van der Waals surface area contributed by atoms with Gasteiger partial charge in [0.05, 0.1) is 18.5 Å². The summed E-state index contributed by atoms with van der Waals surface area (Å²) in [5, 5.41) is 13.7. The normalized spacial score (nSPS) is 21.9. The van der Waals surface area contributed by atoms with Gasteiger partial charge in [0.25, 0.3) is 0 Å². The van der Waals surface area contributed by atoms with Gasteiger partial charge in [0.2, 0.25) is 11.8 Å². The number of para-hydroxylation sites is 1. The van der Waals surface area contributed by atoms with Crippen LogP contribution in [0.2, 0.25) is 0 Å². The number of rotatable bonds is 6. The molecule has 0 saturated heterocycles. The van der Waals surface area contributed by atoms with Gasteiger partial charge in [0.1, 0.15) is 5.75 Å². The van der Waals surface area contributed by atoms with Crippen LogP contribution in [0.1, 0.15) is 18.5 Å². The monoisotopic (exact) mass is 365 g/mol. The van der Waals surface area contributed by atoms with Gasteiger partial charge in [-0.2, -0.15) is 4.98 Å². The summed E-state index contributed by atoms with van der Waals surface area (Å²) in [6, 6.07) is 11.2. The Balaban J connectivity index is 1.42. The number of hydrogen-bond donors (Lipinski definition) is 2. The second-order valence-electron chi connectivity index (χ2n) is 7.00. The van der Waals surface area contributed by atoms with Crippen molar-refractivity contribution >= 4 is 5.95 Å². The van der Waals surface area contributed by atoms with Crippen LogP contribution in [-0.4, -0.2) is 36.8 Å². The molecule has 0 bridgehead atoms. The molecule has 0 amide bonds. The second kappa shape index (κ2) is 7.75. The molecule has 1 aromatic carbocycles. The van der Waals surface area contributed by atoms with Crippen LogP contribution in [0.25, 0.3) is 0 Å². The zero-order chi connectivity index (χ0) is 18.6. The minimum Gasteiger partial charge on any atom is -0.439 e. The van der Waals surface area contributed by atoms with Crippen molar-refractivity contribution < 1.29 is 9.84 Å². The van der Waals surface area contributed by atoms with Gasteiger partial charge < -0.3 is 19.7 Å². The Morgan fingerprint density at radius 3 is 2.85 bits per heavy atom. The maximum absolute atomic E-state index is 10.4. The van der Waals surface area contributed by atoms with Crippen molar-refractivity contribution in [2.45, 2.75) is 38.5 Å². The lowest BCUT2D eigenvalue weighted by molar-refractivity contribution is 0.166. The first kappa shape index (κ1) is 17.5. The molecule has 7 nitrogen and oxygen atoms in total. The fourth-order valence-electron chi connectivity index (χ4n) is 3.55. The first-order chi connectivity index (χ1) is 13.2. The van der Waals surface area contributed by atoms with Gasteiger partial charge in [-0.15, -0.1) is 0 Å². The van der Waals surface area contributed by atoms with Crippen LogP contribution in [0.5, 0.6) is 11.6 Å². The number of hydrogen-bond acceptors (Lipinski definition) is 6. The fraction of sp³-hybridized carbons (Fsp3) is 0.350. The number of aliphatic hydroxyl groups is 1. The van der Waals surface area contributed by atoms with E-state index >= 15 is 0 Å². The minimum atomic E-state index is -0.430. The minimum absolute atomic E-state index is 0.0788. The molecule has 140 valence electrons. The predicted octanol–water partition coefficient (Wildman–Crippen LogP) is 3.03. The molecule has 7 heteroatoms. The number of aromatic nitrogens is 4. The second-order valence-corrected chi connectivity index (χ2v) is 7.00. The molecule has 4 rings (SSSR count). The van der Waals surface area contributed by atoms with Crippen LogP contribution < -0.4 is 10.1 Å². The van der Waals surface area contributed by atoms with Crippen molar-refractivity contribution in [2.24, 2.45) is 5.92 Å². The van der Waals surface area contributed by atoms with Crippen LogP contribution >= 0.6 is 0 Å². The smallest absolute Gasteiger partial charge is 0.226 e. The van der Waals surface area contributed by atoms with Gasteiger partial charge in [-0.25, -0.2) is 9.97 Å². The van der Waals surface area contributed by atoms with Gasteiger partial charge in [0.15, 0.2) is 0 Å². The molecule has 3 aromatic rings. The summed E-state index contributed by atoms with van der Waals surface area (Å²) in [6.07, 6.45) is 6.70. The van der Waals surface area contributed by atoms with Gasteiger partial charge in [-0.3, -0.25) is 0 Å². The molecule has 2 heterocycles. The van der Waals surface area contributed by atoms with Crippen molar-refractivity contribution in [3.8, 4) is 11.6 Å². The van der Waals surface area contributed by atoms with Crippen molar-refractivity contribution in [1.29, 1.82) is 0 Å². The third-order valence-corrected chi connectivity index (χ3v) is 4.77. The number of imidazole rings is 1. The highest BCUT2D eigenvalue weighted by atomic mass is 16.5. The van der Waals surface area contributed by atoms with E-state index in [0.29, 0.717) is 17.7 Å². The van der Waals surface area contributed by atoms with Crippen molar-refractivity contribution in [1.82, 2.24) is 19.5 Å². The number of nitrogens with one attached hydrogen (secondary N) is 1. The van der Waals surface area contributed by atoms with E-state index in [9.17, 15) is 5.11 Å². The third kappa shape index (κ3) is 4.43. The standard InChI is InChI=1S/C20H23N5O2/c1-14-9-19(27-16-5-3-2-4-6-16)24-20(22-14)23-17-10-15(11-18(17)26)12-25-8-7-21-13-25/h2-9,13,15,17-18,26H,10-12H2,1H3,(H,22,23,24)/t15?,17-,18-/m1/s1. The van der Waals surface area contributed by atoms with E-state index in [4.69, 9.17) is 4.74 Å². The SMILES string of the molecule is Cc1cc(Oc2ccccc2)nc(N[C@@H]2CC(Cn3ccnc3)C[C@H]2O)n1. The lowest BCUT2D eigenvalue weighted by atomic mass is 10.1. The summed E-state index contributed by atoms with van der Waals surface area (Å²) < 4.78 is 7.87.